The minimum atomic E-state index is -0.662. The van der Waals surface area contributed by atoms with E-state index in [0.717, 1.165) is 17.0 Å². The number of thioether (sulfide) groups is 1. The van der Waals surface area contributed by atoms with Gasteiger partial charge in [0.2, 0.25) is 0 Å². The maximum atomic E-state index is 12.9. The smallest absolute Gasteiger partial charge is 0.338 e. The Balaban J connectivity index is 1.67. The van der Waals surface area contributed by atoms with Crippen molar-refractivity contribution in [2.75, 3.05) is 12.4 Å². The van der Waals surface area contributed by atoms with Crippen LogP contribution in [0.15, 0.2) is 71.0 Å². The number of esters is 1. The van der Waals surface area contributed by atoms with Crippen LogP contribution in [0.4, 0.5) is 4.79 Å². The van der Waals surface area contributed by atoms with E-state index in [2.05, 4.69) is 20.8 Å². The minimum Gasteiger partial charge on any atom is -0.463 e. The van der Waals surface area contributed by atoms with Gasteiger partial charge in [0, 0.05) is 28.6 Å². The van der Waals surface area contributed by atoms with Crippen molar-refractivity contribution in [1.82, 2.24) is 25.4 Å². The van der Waals surface area contributed by atoms with E-state index >= 15 is 0 Å². The van der Waals surface area contributed by atoms with Crippen LogP contribution in [0.1, 0.15) is 25.5 Å². The summed E-state index contributed by atoms with van der Waals surface area (Å²) in [4.78, 5) is 25.4. The highest BCUT2D eigenvalue weighted by molar-refractivity contribution is 7.99. The van der Waals surface area contributed by atoms with Crippen molar-refractivity contribution < 1.29 is 14.3 Å². The molecule has 1 aromatic heterocycles. The van der Waals surface area contributed by atoms with Gasteiger partial charge in [-0.3, -0.25) is 0 Å². The van der Waals surface area contributed by atoms with Gasteiger partial charge in [0.1, 0.15) is 0 Å². The standard InChI is InChI=1S/C24H24ClN5O3S/c1-3-30-21(16-8-6-5-7-9-16)28-29-24(30)34-14-18-19(22(31)33-4-2)20(27-23(32)26-18)15-10-12-17(25)13-11-15/h5-13,20H,3-4,14H2,1-2H3,(H2,26,27,32). The van der Waals surface area contributed by atoms with Crippen molar-refractivity contribution in [3.05, 3.63) is 76.5 Å². The molecule has 0 saturated carbocycles. The Bertz CT molecular complexity index is 1210. The molecule has 2 heterocycles. The second kappa shape index (κ2) is 10.8. The summed E-state index contributed by atoms with van der Waals surface area (Å²) in [5.74, 6) is 0.574. The molecule has 1 aliphatic heterocycles. The number of ether oxygens (including phenoxy) is 1. The van der Waals surface area contributed by atoms with Gasteiger partial charge in [0.15, 0.2) is 11.0 Å². The summed E-state index contributed by atoms with van der Waals surface area (Å²) in [7, 11) is 0. The average molecular weight is 498 g/mol. The average Bonchev–Trinajstić information content (AvgIpc) is 3.26. The van der Waals surface area contributed by atoms with E-state index in [1.54, 1.807) is 31.2 Å². The van der Waals surface area contributed by atoms with Crippen LogP contribution < -0.4 is 10.6 Å². The molecule has 1 unspecified atom stereocenters. The number of benzene rings is 2. The molecule has 34 heavy (non-hydrogen) atoms. The Morgan fingerprint density at radius 1 is 1.12 bits per heavy atom. The van der Waals surface area contributed by atoms with Gasteiger partial charge in [-0.1, -0.05) is 65.8 Å². The third-order valence-corrected chi connectivity index (χ3v) is 6.51. The maximum Gasteiger partial charge on any atom is 0.338 e. The molecular weight excluding hydrogens is 474 g/mol. The van der Waals surface area contributed by atoms with Gasteiger partial charge >= 0.3 is 12.0 Å². The zero-order valence-electron chi connectivity index (χ0n) is 18.7. The van der Waals surface area contributed by atoms with E-state index in [-0.39, 0.29) is 6.61 Å². The lowest BCUT2D eigenvalue weighted by atomic mass is 9.95. The quantitative estimate of drug-likeness (QED) is 0.349. The Kier molecular flexibility index (Phi) is 7.54. The fourth-order valence-electron chi connectivity index (χ4n) is 3.70. The molecule has 1 aliphatic rings. The van der Waals surface area contributed by atoms with E-state index in [1.165, 1.54) is 11.8 Å². The zero-order valence-corrected chi connectivity index (χ0v) is 20.3. The molecular formula is C24H24ClN5O3S. The summed E-state index contributed by atoms with van der Waals surface area (Å²) in [5.41, 5.74) is 2.52. The summed E-state index contributed by atoms with van der Waals surface area (Å²) in [6.45, 7) is 4.65. The van der Waals surface area contributed by atoms with Gasteiger partial charge in [-0.15, -0.1) is 10.2 Å². The van der Waals surface area contributed by atoms with Crippen molar-refractivity contribution in [3.8, 4) is 11.4 Å². The number of hydrogen-bond acceptors (Lipinski definition) is 6. The van der Waals surface area contributed by atoms with Crippen LogP contribution in [0.5, 0.6) is 0 Å². The molecule has 2 N–H and O–H groups in total. The molecule has 3 aromatic rings. The SMILES string of the molecule is CCOC(=O)C1=C(CSc2nnc(-c3ccccc3)n2CC)NC(=O)NC1c1ccc(Cl)cc1. The van der Waals surface area contributed by atoms with Crippen molar-refractivity contribution >= 4 is 35.4 Å². The molecule has 2 aromatic carbocycles. The molecule has 0 fully saturated rings. The number of hydrogen-bond donors (Lipinski definition) is 2. The molecule has 0 radical (unpaired) electrons. The molecule has 10 heteroatoms. The number of aromatic nitrogens is 3. The molecule has 0 aliphatic carbocycles. The summed E-state index contributed by atoms with van der Waals surface area (Å²) in [6, 6.07) is 15.8. The monoisotopic (exact) mass is 497 g/mol. The first-order valence-electron chi connectivity index (χ1n) is 10.9. The molecule has 0 saturated heterocycles. The van der Waals surface area contributed by atoms with Crippen molar-refractivity contribution in [3.63, 3.8) is 0 Å². The fourth-order valence-corrected chi connectivity index (χ4v) is 4.80. The number of rotatable bonds is 8. The van der Waals surface area contributed by atoms with Gasteiger partial charge < -0.3 is 19.9 Å². The number of nitrogens with one attached hydrogen (secondary N) is 2. The van der Waals surface area contributed by atoms with Crippen LogP contribution in [0.3, 0.4) is 0 Å². The maximum absolute atomic E-state index is 12.9. The van der Waals surface area contributed by atoms with Gasteiger partial charge in [-0.25, -0.2) is 9.59 Å². The van der Waals surface area contributed by atoms with Crippen molar-refractivity contribution in [2.45, 2.75) is 31.6 Å². The first-order valence-corrected chi connectivity index (χ1v) is 12.2. The summed E-state index contributed by atoms with van der Waals surface area (Å²) in [5, 5.41) is 15.6. The molecule has 1 atom stereocenters. The van der Waals surface area contributed by atoms with Gasteiger partial charge in [-0.05, 0) is 31.5 Å². The second-order valence-corrected chi connectivity index (χ2v) is 8.78. The van der Waals surface area contributed by atoms with E-state index in [4.69, 9.17) is 16.3 Å². The largest absolute Gasteiger partial charge is 0.463 e. The van der Waals surface area contributed by atoms with E-state index in [1.807, 2.05) is 41.8 Å². The second-order valence-electron chi connectivity index (χ2n) is 7.40. The first-order chi connectivity index (χ1) is 16.5. The minimum absolute atomic E-state index is 0.217. The summed E-state index contributed by atoms with van der Waals surface area (Å²) < 4.78 is 7.33. The highest BCUT2D eigenvalue weighted by Gasteiger charge is 2.34. The summed E-state index contributed by atoms with van der Waals surface area (Å²) >= 11 is 7.42. The van der Waals surface area contributed by atoms with E-state index in [0.29, 0.717) is 33.7 Å². The van der Waals surface area contributed by atoms with Crippen molar-refractivity contribution in [1.29, 1.82) is 0 Å². The normalized spacial score (nSPS) is 15.6. The van der Waals surface area contributed by atoms with Crippen LogP contribution in [-0.2, 0) is 16.1 Å². The molecule has 176 valence electrons. The Morgan fingerprint density at radius 3 is 2.53 bits per heavy atom. The van der Waals surface area contributed by atoms with E-state index < -0.39 is 18.0 Å². The Morgan fingerprint density at radius 2 is 1.85 bits per heavy atom. The van der Waals surface area contributed by atoms with Gasteiger partial charge in [-0.2, -0.15) is 0 Å². The molecule has 0 spiro atoms. The molecule has 8 nitrogen and oxygen atoms in total. The fraction of sp³-hybridized carbons (Fsp3) is 0.250. The topological polar surface area (TPSA) is 98.1 Å². The molecule has 2 amide bonds. The first kappa shape index (κ1) is 23.8. The number of urea groups is 1. The predicted molar refractivity (Wildman–Crippen MR) is 131 cm³/mol. The van der Waals surface area contributed by atoms with Crippen LogP contribution in [-0.4, -0.2) is 39.1 Å². The van der Waals surface area contributed by atoms with Crippen molar-refractivity contribution in [2.24, 2.45) is 0 Å². The third kappa shape index (κ3) is 5.10. The lowest BCUT2D eigenvalue weighted by Gasteiger charge is -2.29. The van der Waals surface area contributed by atoms with E-state index in [9.17, 15) is 9.59 Å². The summed E-state index contributed by atoms with van der Waals surface area (Å²) in [6.07, 6.45) is 0. The number of amides is 2. The molecule has 4 rings (SSSR count). The van der Waals surface area contributed by atoms with Crippen LogP contribution in [0.2, 0.25) is 5.02 Å². The predicted octanol–water partition coefficient (Wildman–Crippen LogP) is 4.58. The Labute approximate surface area is 206 Å². The highest BCUT2D eigenvalue weighted by Crippen LogP contribution is 2.32. The molecule has 0 bridgehead atoms. The lowest BCUT2D eigenvalue weighted by Crippen LogP contribution is -2.46. The van der Waals surface area contributed by atoms with Gasteiger partial charge in [0.25, 0.3) is 0 Å². The lowest BCUT2D eigenvalue weighted by molar-refractivity contribution is -0.139. The number of carbonyl (C=O) groups excluding carboxylic acids is 2. The van der Waals surface area contributed by atoms with Crippen LogP contribution >= 0.6 is 23.4 Å². The zero-order chi connectivity index (χ0) is 24.1. The Hall–Kier alpha value is -3.30. The van der Waals surface area contributed by atoms with Crippen LogP contribution in [0.25, 0.3) is 11.4 Å². The number of carbonyl (C=O) groups is 2. The number of nitrogens with zero attached hydrogens (tertiary/aromatic N) is 3. The number of halogens is 1. The highest BCUT2D eigenvalue weighted by atomic mass is 35.5. The van der Waals surface area contributed by atoms with Crippen LogP contribution in [0, 0.1) is 0 Å². The van der Waals surface area contributed by atoms with Gasteiger partial charge in [0.05, 0.1) is 18.2 Å². The third-order valence-electron chi connectivity index (χ3n) is 5.26.